The fraction of sp³-hybridized carbons (Fsp3) is 0.471. The smallest absolute Gasteiger partial charge is 0.0702 e. The zero-order chi connectivity index (χ0) is 14.8. The minimum Gasteiger partial charge on any atom is -0.322 e. The van der Waals surface area contributed by atoms with E-state index in [9.17, 15) is 0 Å². The summed E-state index contributed by atoms with van der Waals surface area (Å²) in [6.07, 6.45) is 1.91. The van der Waals surface area contributed by atoms with E-state index in [0.717, 1.165) is 29.6 Å². The van der Waals surface area contributed by atoms with Crippen LogP contribution >= 0.6 is 0 Å². The van der Waals surface area contributed by atoms with E-state index in [-0.39, 0.29) is 11.6 Å². The first-order chi connectivity index (χ1) is 9.50. The van der Waals surface area contributed by atoms with Crippen molar-refractivity contribution in [1.29, 1.82) is 0 Å². The van der Waals surface area contributed by atoms with Gasteiger partial charge in [-0.05, 0) is 44.6 Å². The number of para-hydroxylation sites is 1. The Labute approximate surface area is 121 Å². The minimum absolute atomic E-state index is 0.0560. The Morgan fingerprint density at radius 2 is 1.85 bits per heavy atom. The summed E-state index contributed by atoms with van der Waals surface area (Å²) in [4.78, 5) is 6.92. The van der Waals surface area contributed by atoms with Crippen molar-refractivity contribution in [3.63, 3.8) is 0 Å². The average molecular weight is 271 g/mol. The molecule has 3 nitrogen and oxygen atoms in total. The van der Waals surface area contributed by atoms with Crippen LogP contribution in [-0.4, -0.2) is 28.5 Å². The highest BCUT2D eigenvalue weighted by atomic mass is 15.2. The van der Waals surface area contributed by atoms with Crippen molar-refractivity contribution in [2.75, 3.05) is 13.1 Å². The van der Waals surface area contributed by atoms with E-state index in [1.807, 2.05) is 24.4 Å². The average Bonchev–Trinajstić information content (AvgIpc) is 2.47. The Kier molecular flexibility index (Phi) is 4.41. The van der Waals surface area contributed by atoms with Crippen molar-refractivity contribution in [1.82, 2.24) is 9.88 Å². The highest BCUT2D eigenvalue weighted by Crippen LogP contribution is 2.29. The molecule has 2 rings (SSSR count). The molecule has 0 spiro atoms. The number of hydrogen-bond acceptors (Lipinski definition) is 3. The first-order valence-corrected chi connectivity index (χ1v) is 7.36. The number of rotatable bonds is 5. The zero-order valence-corrected chi connectivity index (χ0v) is 12.9. The van der Waals surface area contributed by atoms with E-state index in [2.05, 4.69) is 49.7 Å². The number of hydrogen-bond donors (Lipinski definition) is 1. The van der Waals surface area contributed by atoms with Crippen molar-refractivity contribution in [2.45, 2.75) is 39.3 Å². The fourth-order valence-corrected chi connectivity index (χ4v) is 2.90. The largest absolute Gasteiger partial charge is 0.322 e. The quantitative estimate of drug-likeness (QED) is 0.906. The van der Waals surface area contributed by atoms with E-state index < -0.39 is 0 Å². The van der Waals surface area contributed by atoms with Crippen LogP contribution in [0.3, 0.4) is 0 Å². The van der Waals surface area contributed by atoms with Crippen molar-refractivity contribution < 1.29 is 0 Å². The third kappa shape index (κ3) is 2.69. The van der Waals surface area contributed by atoms with Gasteiger partial charge in [0.1, 0.15) is 0 Å². The maximum atomic E-state index is 6.53. The zero-order valence-electron chi connectivity index (χ0n) is 12.9. The van der Waals surface area contributed by atoms with Crippen molar-refractivity contribution in [3.05, 3.63) is 42.1 Å². The molecule has 1 unspecified atom stereocenters. The molecule has 1 atom stereocenters. The number of nitrogens with zero attached hydrogens (tertiary/aromatic N) is 2. The lowest BCUT2D eigenvalue weighted by atomic mass is 9.88. The highest BCUT2D eigenvalue weighted by Gasteiger charge is 2.32. The molecule has 0 bridgehead atoms. The third-order valence-corrected chi connectivity index (χ3v) is 4.31. The van der Waals surface area contributed by atoms with Crippen LogP contribution in [0, 0.1) is 0 Å². The molecular formula is C17H25N3. The Hall–Kier alpha value is -1.45. The van der Waals surface area contributed by atoms with E-state index in [1.165, 1.54) is 0 Å². The standard InChI is InChI=1S/C17H25N3/c1-5-20(6-2)17(3,4)16(18)14-11-13-9-7-8-10-15(13)19-12-14/h7-12,16H,5-6,18H2,1-4H3. The second kappa shape index (κ2) is 5.90. The number of pyridine rings is 1. The molecule has 0 aliphatic carbocycles. The molecular weight excluding hydrogens is 246 g/mol. The Balaban J connectivity index is 2.37. The molecule has 108 valence electrons. The van der Waals surface area contributed by atoms with Gasteiger partial charge in [-0.3, -0.25) is 9.88 Å². The molecule has 1 aromatic heterocycles. The Morgan fingerprint density at radius 1 is 1.20 bits per heavy atom. The van der Waals surface area contributed by atoms with Gasteiger partial charge < -0.3 is 5.73 Å². The Morgan fingerprint density at radius 3 is 2.50 bits per heavy atom. The summed E-state index contributed by atoms with van der Waals surface area (Å²) >= 11 is 0. The second-order valence-electron chi connectivity index (χ2n) is 5.76. The first-order valence-electron chi connectivity index (χ1n) is 7.36. The summed E-state index contributed by atoms with van der Waals surface area (Å²) in [6.45, 7) is 10.8. The molecule has 0 amide bonds. The molecule has 0 aliphatic rings. The van der Waals surface area contributed by atoms with Crippen molar-refractivity contribution >= 4 is 10.9 Å². The number of nitrogens with two attached hydrogens (primary N) is 1. The monoisotopic (exact) mass is 271 g/mol. The van der Waals surface area contributed by atoms with Crippen LogP contribution < -0.4 is 5.73 Å². The first kappa shape index (κ1) is 14.9. The highest BCUT2D eigenvalue weighted by molar-refractivity contribution is 5.78. The van der Waals surface area contributed by atoms with Gasteiger partial charge in [-0.1, -0.05) is 32.0 Å². The summed E-state index contributed by atoms with van der Waals surface area (Å²) in [5, 5.41) is 1.15. The van der Waals surface area contributed by atoms with Crippen LogP contribution in [0.15, 0.2) is 36.5 Å². The van der Waals surface area contributed by atoms with Crippen molar-refractivity contribution in [3.8, 4) is 0 Å². The lowest BCUT2D eigenvalue weighted by Gasteiger charge is -2.41. The summed E-state index contributed by atoms with van der Waals surface area (Å²) < 4.78 is 0. The summed E-state index contributed by atoms with van der Waals surface area (Å²) in [7, 11) is 0. The maximum Gasteiger partial charge on any atom is 0.0702 e. The molecule has 0 fully saturated rings. The predicted octanol–water partition coefficient (Wildman–Crippen LogP) is 3.36. The van der Waals surface area contributed by atoms with E-state index in [1.54, 1.807) is 0 Å². The molecule has 20 heavy (non-hydrogen) atoms. The summed E-state index contributed by atoms with van der Waals surface area (Å²) in [5.41, 5.74) is 8.56. The van der Waals surface area contributed by atoms with Gasteiger partial charge in [0.2, 0.25) is 0 Å². The lowest BCUT2D eigenvalue weighted by Crippen LogP contribution is -2.51. The van der Waals surface area contributed by atoms with Gasteiger partial charge in [0.15, 0.2) is 0 Å². The Bertz CT molecular complexity index is 573. The van der Waals surface area contributed by atoms with Gasteiger partial charge in [0.05, 0.1) is 5.52 Å². The van der Waals surface area contributed by atoms with E-state index in [0.29, 0.717) is 0 Å². The number of fused-ring (bicyclic) bond motifs is 1. The molecule has 1 heterocycles. The van der Waals surface area contributed by atoms with Crippen LogP contribution in [0.2, 0.25) is 0 Å². The van der Waals surface area contributed by atoms with Gasteiger partial charge in [-0.15, -0.1) is 0 Å². The molecule has 2 N–H and O–H groups in total. The molecule has 1 aromatic carbocycles. The molecule has 0 aliphatic heterocycles. The maximum absolute atomic E-state index is 6.53. The van der Waals surface area contributed by atoms with Gasteiger partial charge in [-0.2, -0.15) is 0 Å². The topological polar surface area (TPSA) is 42.1 Å². The van der Waals surface area contributed by atoms with Gasteiger partial charge in [0.25, 0.3) is 0 Å². The third-order valence-electron chi connectivity index (χ3n) is 4.31. The minimum atomic E-state index is -0.0896. The van der Waals surface area contributed by atoms with Crippen LogP contribution in [0.4, 0.5) is 0 Å². The van der Waals surface area contributed by atoms with Gasteiger partial charge in [0, 0.05) is 23.2 Å². The predicted molar refractivity (Wildman–Crippen MR) is 85.7 cm³/mol. The van der Waals surface area contributed by atoms with Crippen LogP contribution in [0.5, 0.6) is 0 Å². The fourth-order valence-electron chi connectivity index (χ4n) is 2.90. The lowest BCUT2D eigenvalue weighted by molar-refractivity contribution is 0.107. The van der Waals surface area contributed by atoms with Gasteiger partial charge >= 0.3 is 0 Å². The molecule has 0 radical (unpaired) electrons. The molecule has 3 heteroatoms. The van der Waals surface area contributed by atoms with E-state index in [4.69, 9.17) is 5.73 Å². The summed E-state index contributed by atoms with van der Waals surface area (Å²) in [6, 6.07) is 10.3. The van der Waals surface area contributed by atoms with Crippen LogP contribution in [0.25, 0.3) is 10.9 Å². The molecule has 0 saturated heterocycles. The summed E-state index contributed by atoms with van der Waals surface area (Å²) in [5.74, 6) is 0. The van der Waals surface area contributed by atoms with Gasteiger partial charge in [-0.25, -0.2) is 0 Å². The number of likely N-dealkylation sites (N-methyl/N-ethyl adjacent to an activating group) is 1. The second-order valence-corrected chi connectivity index (χ2v) is 5.76. The van der Waals surface area contributed by atoms with Crippen LogP contribution in [-0.2, 0) is 0 Å². The van der Waals surface area contributed by atoms with Crippen LogP contribution in [0.1, 0.15) is 39.3 Å². The number of benzene rings is 1. The number of aromatic nitrogens is 1. The molecule has 0 saturated carbocycles. The molecule has 2 aromatic rings. The SMILES string of the molecule is CCN(CC)C(C)(C)C(N)c1cnc2ccccc2c1. The van der Waals surface area contributed by atoms with Crippen molar-refractivity contribution in [2.24, 2.45) is 5.73 Å². The normalized spacial score (nSPS) is 13.9. The van der Waals surface area contributed by atoms with E-state index >= 15 is 0 Å².